The Morgan fingerprint density at radius 2 is 1.45 bits per heavy atom. The van der Waals surface area contributed by atoms with Gasteiger partial charge in [-0.05, 0) is 61.6 Å². The Morgan fingerprint density at radius 1 is 0.774 bits per heavy atom. The highest BCUT2D eigenvalue weighted by Crippen LogP contribution is 2.14. The minimum atomic E-state index is -0.233. The van der Waals surface area contributed by atoms with E-state index in [-0.39, 0.29) is 18.0 Å². The number of amides is 3. The van der Waals surface area contributed by atoms with E-state index in [9.17, 15) is 9.59 Å². The summed E-state index contributed by atoms with van der Waals surface area (Å²) < 4.78 is 0. The van der Waals surface area contributed by atoms with Gasteiger partial charge in [-0.1, -0.05) is 60.7 Å². The largest absolute Gasteiger partial charge is 0.348 e. The molecule has 0 aromatic heterocycles. The van der Waals surface area contributed by atoms with Crippen molar-refractivity contribution in [3.05, 3.63) is 101 Å². The average molecular weight is 416 g/mol. The smallest absolute Gasteiger partial charge is 0.319 e. The van der Waals surface area contributed by atoms with Crippen LogP contribution in [0, 0.1) is 0 Å². The fraction of sp³-hybridized carbons (Fsp3) is 0.231. The van der Waals surface area contributed by atoms with E-state index in [0.717, 1.165) is 24.0 Å². The van der Waals surface area contributed by atoms with Crippen molar-refractivity contribution in [2.24, 2.45) is 0 Å². The van der Waals surface area contributed by atoms with Crippen LogP contribution in [0.15, 0.2) is 78.9 Å². The predicted octanol–water partition coefficient (Wildman–Crippen LogP) is 4.93. The molecular weight excluding hydrogens is 386 g/mol. The van der Waals surface area contributed by atoms with E-state index in [0.29, 0.717) is 17.8 Å². The maximum atomic E-state index is 12.8. The first-order valence-corrected chi connectivity index (χ1v) is 10.6. The molecule has 0 aliphatic carbocycles. The fourth-order valence-corrected chi connectivity index (χ4v) is 3.30. The van der Waals surface area contributed by atoms with Crippen LogP contribution in [0.4, 0.5) is 10.5 Å². The number of hydrogen-bond acceptors (Lipinski definition) is 2. The molecule has 0 aliphatic heterocycles. The lowest BCUT2D eigenvalue weighted by molar-refractivity contribution is 0.0950. The molecule has 0 atom stereocenters. The van der Waals surface area contributed by atoms with Crippen molar-refractivity contribution in [3.8, 4) is 0 Å². The number of aryl methyl sites for hydroxylation is 2. The molecule has 5 nitrogen and oxygen atoms in total. The second kappa shape index (κ2) is 11.0. The molecule has 3 rings (SSSR count). The van der Waals surface area contributed by atoms with Crippen LogP contribution in [0.2, 0.25) is 0 Å². The molecular formula is C26H29N3O2. The number of benzene rings is 3. The van der Waals surface area contributed by atoms with Gasteiger partial charge in [-0.2, -0.15) is 0 Å². The number of rotatable bonds is 8. The summed E-state index contributed by atoms with van der Waals surface area (Å²) in [6.45, 7) is 4.24. The summed E-state index contributed by atoms with van der Waals surface area (Å²) in [5, 5.41) is 8.57. The number of urea groups is 1. The fourth-order valence-electron chi connectivity index (χ4n) is 3.30. The second-order valence-corrected chi connectivity index (χ2v) is 7.78. The van der Waals surface area contributed by atoms with Gasteiger partial charge in [0, 0.05) is 23.8 Å². The zero-order valence-electron chi connectivity index (χ0n) is 18.0. The van der Waals surface area contributed by atoms with Gasteiger partial charge >= 0.3 is 6.03 Å². The van der Waals surface area contributed by atoms with Crippen molar-refractivity contribution in [2.45, 2.75) is 39.3 Å². The third kappa shape index (κ3) is 7.00. The van der Waals surface area contributed by atoms with Crippen molar-refractivity contribution in [1.82, 2.24) is 10.6 Å². The van der Waals surface area contributed by atoms with Gasteiger partial charge in [-0.25, -0.2) is 4.79 Å². The second-order valence-electron chi connectivity index (χ2n) is 7.78. The van der Waals surface area contributed by atoms with Gasteiger partial charge in [-0.15, -0.1) is 0 Å². The summed E-state index contributed by atoms with van der Waals surface area (Å²) in [5.41, 5.74) is 4.68. The molecule has 0 radical (unpaired) electrons. The lowest BCUT2D eigenvalue weighted by atomic mass is 9.99. The van der Waals surface area contributed by atoms with Crippen molar-refractivity contribution in [3.63, 3.8) is 0 Å². The number of hydrogen-bond donors (Lipinski definition) is 3. The average Bonchev–Trinajstić information content (AvgIpc) is 2.77. The topological polar surface area (TPSA) is 70.2 Å². The minimum Gasteiger partial charge on any atom is -0.348 e. The highest BCUT2D eigenvalue weighted by molar-refractivity contribution is 5.95. The van der Waals surface area contributed by atoms with E-state index < -0.39 is 0 Å². The summed E-state index contributed by atoms with van der Waals surface area (Å²) >= 11 is 0. The van der Waals surface area contributed by atoms with Crippen LogP contribution in [-0.2, 0) is 19.4 Å². The van der Waals surface area contributed by atoms with Crippen molar-refractivity contribution in [2.75, 3.05) is 5.32 Å². The molecule has 3 amide bonds. The molecule has 0 fully saturated rings. The van der Waals surface area contributed by atoms with E-state index in [2.05, 4.69) is 28.1 Å². The predicted molar refractivity (Wildman–Crippen MR) is 125 cm³/mol. The molecule has 0 heterocycles. The highest BCUT2D eigenvalue weighted by Gasteiger charge is 2.11. The zero-order chi connectivity index (χ0) is 22.1. The normalized spacial score (nSPS) is 10.5. The molecule has 0 spiro atoms. The number of nitrogens with one attached hydrogen (secondary N) is 3. The number of carbonyl (C=O) groups excluding carboxylic acids is 2. The van der Waals surface area contributed by atoms with E-state index >= 15 is 0 Å². The van der Waals surface area contributed by atoms with Gasteiger partial charge in [-0.3, -0.25) is 4.79 Å². The summed E-state index contributed by atoms with van der Waals surface area (Å²) in [6, 6.07) is 25.3. The van der Waals surface area contributed by atoms with Crippen LogP contribution in [0.1, 0.15) is 40.9 Å². The van der Waals surface area contributed by atoms with Gasteiger partial charge in [0.05, 0.1) is 0 Å². The molecule has 5 heteroatoms. The Kier molecular flexibility index (Phi) is 7.82. The highest BCUT2D eigenvalue weighted by atomic mass is 16.2. The maximum absolute atomic E-state index is 12.8. The molecule has 0 unspecified atom stereocenters. The van der Waals surface area contributed by atoms with Crippen LogP contribution < -0.4 is 16.0 Å². The third-order valence-corrected chi connectivity index (χ3v) is 4.87. The first-order valence-electron chi connectivity index (χ1n) is 10.6. The summed E-state index contributed by atoms with van der Waals surface area (Å²) in [7, 11) is 0. The number of carbonyl (C=O) groups is 2. The molecule has 3 aromatic rings. The summed E-state index contributed by atoms with van der Waals surface area (Å²) in [5.74, 6) is -0.0813. The van der Waals surface area contributed by atoms with Crippen LogP contribution >= 0.6 is 0 Å². The Hall–Kier alpha value is -3.60. The SMILES string of the molecule is CC(C)NC(=O)Nc1ccc(CNC(=O)c2ccccc2CCc2ccccc2)cc1. The monoisotopic (exact) mass is 415 g/mol. The first kappa shape index (κ1) is 22.1. The van der Waals surface area contributed by atoms with Gasteiger partial charge < -0.3 is 16.0 Å². The quantitative estimate of drug-likeness (QED) is 0.488. The minimum absolute atomic E-state index is 0.0741. The van der Waals surface area contributed by atoms with E-state index in [4.69, 9.17) is 0 Å². The van der Waals surface area contributed by atoms with E-state index in [1.807, 2.05) is 80.6 Å². The van der Waals surface area contributed by atoms with Crippen LogP contribution in [0.25, 0.3) is 0 Å². The van der Waals surface area contributed by atoms with Gasteiger partial charge in [0.25, 0.3) is 5.91 Å². The number of anilines is 1. The Morgan fingerprint density at radius 3 is 2.16 bits per heavy atom. The Bertz CT molecular complexity index is 999. The van der Waals surface area contributed by atoms with Crippen molar-refractivity contribution in [1.29, 1.82) is 0 Å². The molecule has 0 aliphatic rings. The van der Waals surface area contributed by atoms with E-state index in [1.165, 1.54) is 5.56 Å². The molecule has 3 N–H and O–H groups in total. The standard InChI is InChI=1S/C26H29N3O2/c1-19(2)28-26(31)29-23-16-13-21(14-17-23)18-27-25(30)24-11-7-6-10-22(24)15-12-20-8-4-3-5-9-20/h3-11,13-14,16-17,19H,12,15,18H2,1-2H3,(H,27,30)(H2,28,29,31). The molecule has 0 saturated carbocycles. The maximum Gasteiger partial charge on any atom is 0.319 e. The van der Waals surface area contributed by atoms with Crippen LogP contribution in [0.5, 0.6) is 0 Å². The molecule has 31 heavy (non-hydrogen) atoms. The van der Waals surface area contributed by atoms with Crippen LogP contribution in [0.3, 0.4) is 0 Å². The molecule has 0 bridgehead atoms. The molecule has 160 valence electrons. The van der Waals surface area contributed by atoms with Gasteiger partial charge in [0.1, 0.15) is 0 Å². The van der Waals surface area contributed by atoms with Crippen molar-refractivity contribution < 1.29 is 9.59 Å². The summed E-state index contributed by atoms with van der Waals surface area (Å²) in [6.07, 6.45) is 1.70. The zero-order valence-corrected chi connectivity index (χ0v) is 18.0. The summed E-state index contributed by atoms with van der Waals surface area (Å²) in [4.78, 5) is 24.6. The Labute approximate surface area is 183 Å². The van der Waals surface area contributed by atoms with Crippen molar-refractivity contribution >= 4 is 17.6 Å². The molecule has 3 aromatic carbocycles. The van der Waals surface area contributed by atoms with Gasteiger partial charge in [0.15, 0.2) is 0 Å². The lowest BCUT2D eigenvalue weighted by Gasteiger charge is -2.12. The van der Waals surface area contributed by atoms with Gasteiger partial charge in [0.2, 0.25) is 0 Å². The molecule has 0 saturated heterocycles. The lowest BCUT2D eigenvalue weighted by Crippen LogP contribution is -2.34. The van der Waals surface area contributed by atoms with Crippen LogP contribution in [-0.4, -0.2) is 18.0 Å². The third-order valence-electron chi connectivity index (χ3n) is 4.87. The van der Waals surface area contributed by atoms with E-state index in [1.54, 1.807) is 0 Å². The Balaban J connectivity index is 1.55. The first-order chi connectivity index (χ1) is 15.0.